The fraction of sp³-hybridized carbons (Fsp3) is 0.143. The zero-order valence-electron chi connectivity index (χ0n) is 19.4. The van der Waals surface area contributed by atoms with Gasteiger partial charge in [-0.25, -0.2) is 0 Å². The second kappa shape index (κ2) is 9.31. The number of ether oxygens (including phenoxy) is 1. The molecule has 1 unspecified atom stereocenters. The van der Waals surface area contributed by atoms with Gasteiger partial charge in [-0.15, -0.1) is 0 Å². The molecule has 0 fully saturated rings. The van der Waals surface area contributed by atoms with Crippen molar-refractivity contribution in [2.24, 2.45) is 0 Å². The van der Waals surface area contributed by atoms with Crippen LogP contribution in [-0.4, -0.2) is 30.4 Å². The average molecular weight is 486 g/mol. The van der Waals surface area contributed by atoms with Crippen molar-refractivity contribution in [2.45, 2.75) is 12.6 Å². The molecule has 3 aromatic carbocycles. The number of halogens is 1. The number of nitrogens with zero attached hydrogens (tertiary/aromatic N) is 2. The van der Waals surface area contributed by atoms with Crippen LogP contribution in [-0.2, 0) is 6.54 Å². The van der Waals surface area contributed by atoms with Gasteiger partial charge in [-0.1, -0.05) is 29.8 Å². The Morgan fingerprint density at radius 1 is 1.03 bits per heavy atom. The van der Waals surface area contributed by atoms with E-state index in [0.29, 0.717) is 34.1 Å². The van der Waals surface area contributed by atoms with Crippen molar-refractivity contribution in [1.29, 1.82) is 0 Å². The van der Waals surface area contributed by atoms with Crippen LogP contribution in [0.2, 0.25) is 5.02 Å². The van der Waals surface area contributed by atoms with Crippen molar-refractivity contribution in [3.05, 3.63) is 112 Å². The number of aromatic nitrogens is 1. The zero-order chi connectivity index (χ0) is 24.5. The first-order valence-corrected chi connectivity index (χ1v) is 11.6. The zero-order valence-corrected chi connectivity index (χ0v) is 20.1. The van der Waals surface area contributed by atoms with E-state index in [9.17, 15) is 9.59 Å². The monoisotopic (exact) mass is 485 g/mol. The summed E-state index contributed by atoms with van der Waals surface area (Å²) in [5.41, 5.74) is 4.62. The fourth-order valence-corrected chi connectivity index (χ4v) is 4.56. The minimum absolute atomic E-state index is 0.0402. The first kappa shape index (κ1) is 22.7. The number of para-hydroxylation sites is 1. The highest BCUT2D eigenvalue weighted by molar-refractivity contribution is 6.31. The minimum Gasteiger partial charge on any atom is -0.496 e. The molecule has 0 radical (unpaired) electrons. The maximum absolute atomic E-state index is 13.6. The number of nitrogens with one attached hydrogen (secondary N) is 1. The van der Waals surface area contributed by atoms with Crippen LogP contribution in [0.25, 0.3) is 0 Å². The van der Waals surface area contributed by atoms with Gasteiger partial charge >= 0.3 is 0 Å². The summed E-state index contributed by atoms with van der Waals surface area (Å²) in [6.07, 6.45) is 1.99. The maximum atomic E-state index is 13.6. The molecule has 0 saturated heterocycles. The van der Waals surface area contributed by atoms with Crippen molar-refractivity contribution in [2.75, 3.05) is 24.4 Å². The summed E-state index contributed by atoms with van der Waals surface area (Å²) in [6.45, 7) is 0.704. The topological polar surface area (TPSA) is 63.6 Å². The van der Waals surface area contributed by atoms with Gasteiger partial charge in [0.15, 0.2) is 5.78 Å². The molecule has 1 N–H and O–H groups in total. The molecule has 1 atom stereocenters. The molecule has 1 aliphatic rings. The van der Waals surface area contributed by atoms with Gasteiger partial charge in [0.05, 0.1) is 12.7 Å². The first-order chi connectivity index (χ1) is 17.0. The summed E-state index contributed by atoms with van der Waals surface area (Å²) in [7, 11) is 3.18. The summed E-state index contributed by atoms with van der Waals surface area (Å²) in [5.74, 6) is 0.128. The number of carbonyl (C=O) groups excluding carboxylic acids is 2. The third-order valence-electron chi connectivity index (χ3n) is 6.32. The van der Waals surface area contributed by atoms with Crippen molar-refractivity contribution < 1.29 is 14.3 Å². The lowest BCUT2D eigenvalue weighted by atomic mass is 10.0. The lowest BCUT2D eigenvalue weighted by molar-refractivity contribution is 0.0965. The summed E-state index contributed by atoms with van der Waals surface area (Å²) < 4.78 is 7.42. The SMILES string of the molecule is COc1cc(Cl)ccc1C(=O)N(C)c1ccc(C(=O)C2Nc3ccccc3Cn3cccc32)cc1. The van der Waals surface area contributed by atoms with E-state index in [1.54, 1.807) is 49.5 Å². The highest BCUT2D eigenvalue weighted by Crippen LogP contribution is 2.32. The standard InChI is InChI=1S/C28H24ClN3O3/c1-31(28(34)22-14-11-20(29)16-25(22)35-2)21-12-9-18(10-13-21)27(33)26-24-8-5-15-32(24)17-19-6-3-4-7-23(19)30-26/h3-16,26,30H,17H2,1-2H3. The fourth-order valence-electron chi connectivity index (χ4n) is 4.40. The molecular weight excluding hydrogens is 462 g/mol. The van der Waals surface area contributed by atoms with Crippen LogP contribution in [0.15, 0.2) is 85.1 Å². The van der Waals surface area contributed by atoms with E-state index in [0.717, 1.165) is 16.9 Å². The molecule has 1 aromatic heterocycles. The number of ketones is 1. The molecule has 35 heavy (non-hydrogen) atoms. The molecular formula is C28H24ClN3O3. The Morgan fingerprint density at radius 3 is 2.57 bits per heavy atom. The van der Waals surface area contributed by atoms with Gasteiger partial charge in [0.25, 0.3) is 5.91 Å². The molecule has 0 aliphatic carbocycles. The minimum atomic E-state index is -0.516. The Balaban J connectivity index is 1.40. The number of fused-ring (bicyclic) bond motifs is 2. The Bertz CT molecular complexity index is 1410. The number of benzene rings is 3. The summed E-state index contributed by atoms with van der Waals surface area (Å²) in [4.78, 5) is 28.2. The number of hydrogen-bond acceptors (Lipinski definition) is 4. The molecule has 7 heteroatoms. The lowest BCUT2D eigenvalue weighted by Gasteiger charge is -2.20. The number of carbonyl (C=O) groups is 2. The van der Waals surface area contributed by atoms with Gasteiger partial charge in [0.1, 0.15) is 11.8 Å². The molecule has 0 saturated carbocycles. The molecule has 0 bridgehead atoms. The van der Waals surface area contributed by atoms with E-state index in [1.165, 1.54) is 12.0 Å². The second-order valence-electron chi connectivity index (χ2n) is 8.42. The largest absolute Gasteiger partial charge is 0.496 e. The number of amides is 1. The molecule has 5 rings (SSSR count). The lowest BCUT2D eigenvalue weighted by Crippen LogP contribution is -2.27. The molecule has 0 spiro atoms. The molecule has 1 aliphatic heterocycles. The number of hydrogen-bond donors (Lipinski definition) is 1. The van der Waals surface area contributed by atoms with Crippen LogP contribution in [0, 0.1) is 0 Å². The number of methoxy groups -OCH3 is 1. The third-order valence-corrected chi connectivity index (χ3v) is 6.55. The van der Waals surface area contributed by atoms with E-state index in [2.05, 4.69) is 16.0 Å². The molecule has 6 nitrogen and oxygen atoms in total. The number of rotatable bonds is 5. The van der Waals surface area contributed by atoms with Gasteiger partial charge < -0.3 is 19.5 Å². The van der Waals surface area contributed by atoms with E-state index < -0.39 is 6.04 Å². The Labute approximate surface area is 208 Å². The quantitative estimate of drug-likeness (QED) is 0.361. The molecule has 1 amide bonds. The van der Waals surface area contributed by atoms with Gasteiger partial charge in [-0.3, -0.25) is 9.59 Å². The van der Waals surface area contributed by atoms with Crippen LogP contribution >= 0.6 is 11.6 Å². The van der Waals surface area contributed by atoms with Gasteiger partial charge in [-0.05, 0) is 66.2 Å². The van der Waals surface area contributed by atoms with E-state index in [1.807, 2.05) is 36.5 Å². The Hall–Kier alpha value is -4.03. The van der Waals surface area contributed by atoms with Gasteiger partial charge in [0.2, 0.25) is 0 Å². The predicted molar refractivity (Wildman–Crippen MR) is 138 cm³/mol. The average Bonchev–Trinajstić information content (AvgIpc) is 3.28. The van der Waals surface area contributed by atoms with Crippen molar-refractivity contribution in [3.63, 3.8) is 0 Å². The summed E-state index contributed by atoms with van der Waals surface area (Å²) in [6, 6.07) is 23.4. The van der Waals surface area contributed by atoms with E-state index in [4.69, 9.17) is 16.3 Å². The van der Waals surface area contributed by atoms with Crippen LogP contribution in [0.5, 0.6) is 5.75 Å². The number of anilines is 2. The molecule has 176 valence electrons. The second-order valence-corrected chi connectivity index (χ2v) is 8.85. The van der Waals surface area contributed by atoms with Gasteiger partial charge in [-0.2, -0.15) is 0 Å². The van der Waals surface area contributed by atoms with E-state index in [-0.39, 0.29) is 11.7 Å². The third kappa shape index (κ3) is 4.29. The Morgan fingerprint density at radius 2 is 1.80 bits per heavy atom. The van der Waals surface area contributed by atoms with Crippen molar-refractivity contribution in [1.82, 2.24) is 4.57 Å². The van der Waals surface area contributed by atoms with Crippen molar-refractivity contribution in [3.8, 4) is 5.75 Å². The highest BCUT2D eigenvalue weighted by Gasteiger charge is 2.28. The molecule has 4 aromatic rings. The maximum Gasteiger partial charge on any atom is 0.261 e. The summed E-state index contributed by atoms with van der Waals surface area (Å²) in [5, 5.41) is 3.93. The normalized spacial score (nSPS) is 14.2. The first-order valence-electron chi connectivity index (χ1n) is 11.2. The van der Waals surface area contributed by atoms with Crippen LogP contribution in [0.1, 0.15) is 38.0 Å². The Kier molecular flexibility index (Phi) is 6.05. The van der Waals surface area contributed by atoms with Crippen LogP contribution < -0.4 is 15.0 Å². The summed E-state index contributed by atoms with van der Waals surface area (Å²) >= 11 is 6.03. The van der Waals surface area contributed by atoms with Crippen molar-refractivity contribution >= 4 is 34.7 Å². The number of Topliss-reactive ketones (excluding diaryl/α,β-unsaturated/α-hetero) is 1. The van der Waals surface area contributed by atoms with E-state index >= 15 is 0 Å². The van der Waals surface area contributed by atoms with Crippen LogP contribution in [0.4, 0.5) is 11.4 Å². The van der Waals surface area contributed by atoms with Gasteiger partial charge in [0, 0.05) is 47.4 Å². The predicted octanol–water partition coefficient (Wildman–Crippen LogP) is 5.82. The smallest absolute Gasteiger partial charge is 0.261 e. The highest BCUT2D eigenvalue weighted by atomic mass is 35.5. The van der Waals surface area contributed by atoms with Crippen LogP contribution in [0.3, 0.4) is 0 Å². The molecule has 2 heterocycles.